The van der Waals surface area contributed by atoms with Crippen LogP contribution in [0.5, 0.6) is 5.75 Å². The van der Waals surface area contributed by atoms with Gasteiger partial charge >= 0.3 is 11.9 Å². The van der Waals surface area contributed by atoms with E-state index in [-0.39, 0.29) is 76.8 Å². The summed E-state index contributed by atoms with van der Waals surface area (Å²) in [4.78, 5) is 159. The smallest absolute Gasteiger partial charge is 0.326 e. The highest BCUT2D eigenvalue weighted by atomic mass is 16.5. The molecule has 6 aromatic carbocycles. The maximum absolute atomic E-state index is 15.2. The number of carboxylic acid groups (broad SMARTS) is 2. The number of benzene rings is 6. The van der Waals surface area contributed by atoms with Crippen molar-refractivity contribution in [3.63, 3.8) is 0 Å². The van der Waals surface area contributed by atoms with Crippen molar-refractivity contribution in [2.45, 2.75) is 159 Å². The Hall–Kier alpha value is -10.8. The number of carboxylic acids is 2. The number of amides is 9. The number of hydrogen-bond donors (Lipinski definition) is 11. The average molecular weight is 1440 g/mol. The Bertz CT molecular complexity index is 4130. The van der Waals surface area contributed by atoms with E-state index in [1.54, 1.807) is 110 Å². The molecule has 6 heterocycles. The highest BCUT2D eigenvalue weighted by Crippen LogP contribution is 2.29. The minimum atomic E-state index is -1.59. The van der Waals surface area contributed by atoms with E-state index in [0.29, 0.717) is 28.0 Å². The standard InChI is InChI=1S/C79H95N11O15/c1-9-60(83-68(91)46(2)80-7)75(98)90-45-59-43-66(90)74(97)84-61(38-48-21-28-54(29-22-48)52-17-11-10-12-18-52)71(94)86-63(77(100)101)39-49-23-31-55(32-24-49)70(93)82-57-42-65(89(44-57)76(99)67(79(4,5)6)88-69(92)47(3)81-8)73(96)85-62(41-51-25-30-53-19-13-14-20-56(53)37-51)72(95)87-64(78(102)103)40-50-26-33-58(34-27-50)104-35-15-16-36-105-59/h10-34,37,46-47,57,59-67,80-81H,9,35-36,38-45H2,1-8H3,(H,82,93)(H,83,91)(H,84,97)(H,85,96)(H,86,94)(H,87,95)(H,88,92)(H,100,101)(H,102,103)/b16-15+/t46-,47-,57-,59?,60-,61-,62-,63-,64-,65-,66?,67+/m0/s1. The molecule has 0 saturated carbocycles. The molecule has 556 valence electrons. The van der Waals surface area contributed by atoms with Crippen LogP contribution in [0.4, 0.5) is 0 Å². The monoisotopic (exact) mass is 1440 g/mol. The van der Waals surface area contributed by atoms with E-state index in [2.05, 4.69) is 47.9 Å². The molecule has 26 heteroatoms. The number of likely N-dealkylation sites (N-methyl/N-ethyl adjacent to an activating group) is 2. The van der Waals surface area contributed by atoms with Crippen LogP contribution in [-0.2, 0) is 78.4 Å². The first-order chi connectivity index (χ1) is 50.2. The minimum Gasteiger partial charge on any atom is -0.490 e. The van der Waals surface area contributed by atoms with E-state index in [1.807, 2.05) is 78.9 Å². The fourth-order valence-corrected chi connectivity index (χ4v) is 12.9. The van der Waals surface area contributed by atoms with E-state index in [9.17, 15) is 53.4 Å². The second kappa shape index (κ2) is 36.1. The predicted molar refractivity (Wildman–Crippen MR) is 393 cm³/mol. The lowest BCUT2D eigenvalue weighted by atomic mass is 9.85. The predicted octanol–water partition coefficient (Wildman–Crippen LogP) is 4.16. The molecule has 6 aliphatic heterocycles. The number of likely N-dealkylation sites (tertiary alicyclic amines) is 2. The number of ether oxygens (including phenoxy) is 2. The van der Waals surface area contributed by atoms with Crippen LogP contribution in [0.15, 0.2) is 158 Å². The molecule has 0 aromatic heterocycles. The van der Waals surface area contributed by atoms with Crippen LogP contribution >= 0.6 is 0 Å². The van der Waals surface area contributed by atoms with Gasteiger partial charge in [0.05, 0.1) is 24.8 Å². The van der Waals surface area contributed by atoms with Gasteiger partial charge in [-0.25, -0.2) is 9.59 Å². The Kier molecular flexibility index (Phi) is 26.9. The Labute approximate surface area is 610 Å². The summed E-state index contributed by atoms with van der Waals surface area (Å²) in [6.07, 6.45) is 1.90. The van der Waals surface area contributed by atoms with E-state index >= 15 is 9.59 Å². The van der Waals surface area contributed by atoms with Gasteiger partial charge in [0.2, 0.25) is 47.3 Å². The highest BCUT2D eigenvalue weighted by Gasteiger charge is 2.47. The van der Waals surface area contributed by atoms with Gasteiger partial charge in [-0.2, -0.15) is 0 Å². The molecule has 0 spiro atoms. The average Bonchev–Trinajstić information content (AvgIpc) is 1.68. The lowest BCUT2D eigenvalue weighted by Gasteiger charge is -2.36. The fourth-order valence-electron chi connectivity index (χ4n) is 12.9. The molecular weight excluding hydrogens is 1340 g/mol. The summed E-state index contributed by atoms with van der Waals surface area (Å²) in [5.41, 5.74) is 3.08. The molecule has 6 aromatic rings. The van der Waals surface area contributed by atoms with E-state index in [1.165, 1.54) is 34.1 Å². The molecule has 9 amide bonds. The van der Waals surface area contributed by atoms with Gasteiger partial charge in [0.25, 0.3) is 5.91 Å². The first-order valence-corrected chi connectivity index (χ1v) is 35.4. The number of rotatable bonds is 16. The maximum atomic E-state index is 15.2. The van der Waals surface area contributed by atoms with Crippen molar-refractivity contribution in [1.82, 2.24) is 57.7 Å². The summed E-state index contributed by atoms with van der Waals surface area (Å²) in [6.45, 7) is 9.96. The lowest BCUT2D eigenvalue weighted by molar-refractivity contribution is -0.145. The molecule has 26 nitrogen and oxygen atoms in total. The number of carbonyl (C=O) groups excluding carboxylic acids is 9. The van der Waals surface area contributed by atoms with Gasteiger partial charge in [-0.3, -0.25) is 43.2 Å². The molecular formula is C79H95N11O15. The topological polar surface area (TPSA) is 361 Å². The van der Waals surface area contributed by atoms with E-state index < -0.39 is 143 Å². The summed E-state index contributed by atoms with van der Waals surface area (Å²) in [7, 11) is 3.19. The van der Waals surface area contributed by atoms with E-state index in [4.69, 9.17) is 9.47 Å². The van der Waals surface area contributed by atoms with Gasteiger partial charge in [-0.05, 0) is 121 Å². The third-order valence-corrected chi connectivity index (χ3v) is 19.4. The first kappa shape index (κ1) is 78.3. The van der Waals surface area contributed by atoms with Gasteiger partial charge in [0.1, 0.15) is 60.7 Å². The molecule has 12 atom stereocenters. The van der Waals surface area contributed by atoms with Crippen LogP contribution in [0.2, 0.25) is 0 Å². The van der Waals surface area contributed by atoms with Gasteiger partial charge in [-0.1, -0.05) is 155 Å². The quantitative estimate of drug-likeness (QED) is 0.0606. The fraction of sp³-hybridized carbons (Fsp3) is 0.405. The molecule has 0 radical (unpaired) electrons. The number of nitrogens with zero attached hydrogens (tertiary/aromatic N) is 2. The zero-order valence-electron chi connectivity index (χ0n) is 60.3. The first-order valence-electron chi connectivity index (χ1n) is 35.4. The zero-order valence-corrected chi connectivity index (χ0v) is 60.3. The van der Waals surface area contributed by atoms with Crippen LogP contribution in [-0.4, -0.2) is 198 Å². The number of hydrogen-bond acceptors (Lipinski definition) is 15. The van der Waals surface area contributed by atoms with Gasteiger partial charge in [-0.15, -0.1) is 0 Å². The number of aliphatic carboxylic acids is 2. The zero-order chi connectivity index (χ0) is 75.6. The number of nitrogens with one attached hydrogen (secondary N) is 9. The van der Waals surface area contributed by atoms with Crippen LogP contribution in [0, 0.1) is 5.41 Å². The summed E-state index contributed by atoms with van der Waals surface area (Å²) in [5.74, 6) is -8.42. The van der Waals surface area contributed by atoms with Crippen molar-refractivity contribution in [1.29, 1.82) is 0 Å². The van der Waals surface area contributed by atoms with Crippen molar-refractivity contribution in [3.05, 3.63) is 186 Å². The van der Waals surface area contributed by atoms with Gasteiger partial charge in [0.15, 0.2) is 0 Å². The molecule has 105 heavy (non-hydrogen) atoms. The molecule has 2 saturated heterocycles. The second-order valence-corrected chi connectivity index (χ2v) is 28.0. The Morgan fingerprint density at radius 2 is 1.05 bits per heavy atom. The Morgan fingerprint density at radius 1 is 0.543 bits per heavy atom. The summed E-state index contributed by atoms with van der Waals surface area (Å²) < 4.78 is 12.3. The molecule has 11 N–H and O–H groups in total. The largest absolute Gasteiger partial charge is 0.490 e. The van der Waals surface area contributed by atoms with Crippen LogP contribution in [0.25, 0.3) is 21.9 Å². The van der Waals surface area contributed by atoms with Crippen LogP contribution in [0.3, 0.4) is 0 Å². The molecule has 2 unspecified atom stereocenters. The van der Waals surface area contributed by atoms with Gasteiger partial charge < -0.3 is 77.3 Å². The normalized spacial score (nSPS) is 22.5. The molecule has 2 fully saturated rings. The molecule has 0 aliphatic carbocycles. The Morgan fingerprint density at radius 3 is 1.62 bits per heavy atom. The summed E-state index contributed by atoms with van der Waals surface area (Å²) in [5, 5.41) is 48.5. The Balaban J connectivity index is 1.04. The van der Waals surface area contributed by atoms with Crippen LogP contribution in [0.1, 0.15) is 93.4 Å². The second-order valence-electron chi connectivity index (χ2n) is 28.0. The van der Waals surface area contributed by atoms with Crippen molar-refractivity contribution in [2.24, 2.45) is 5.41 Å². The molecule has 6 aliphatic rings. The van der Waals surface area contributed by atoms with E-state index in [0.717, 1.165) is 21.9 Å². The van der Waals surface area contributed by atoms with Gasteiger partial charge in [0, 0.05) is 56.8 Å². The number of fused-ring (bicyclic) bond motifs is 1. The van der Waals surface area contributed by atoms with Crippen molar-refractivity contribution >= 4 is 75.9 Å². The maximum Gasteiger partial charge on any atom is 0.326 e. The number of carbonyl (C=O) groups is 11. The van der Waals surface area contributed by atoms with Crippen molar-refractivity contribution < 1.29 is 72.4 Å². The summed E-state index contributed by atoms with van der Waals surface area (Å²) in [6, 6.07) is 29.3. The third-order valence-electron chi connectivity index (χ3n) is 19.4. The summed E-state index contributed by atoms with van der Waals surface area (Å²) >= 11 is 0. The highest BCUT2D eigenvalue weighted by molar-refractivity contribution is 5.99. The van der Waals surface area contributed by atoms with Crippen LogP contribution < -0.4 is 52.6 Å². The minimum absolute atomic E-state index is 0.0113. The lowest BCUT2D eigenvalue weighted by Crippen LogP contribution is -2.61. The third kappa shape index (κ3) is 21.0. The van der Waals surface area contributed by atoms with Crippen molar-refractivity contribution in [2.75, 3.05) is 40.4 Å². The van der Waals surface area contributed by atoms with Crippen molar-refractivity contribution in [3.8, 4) is 16.9 Å². The molecule has 12 rings (SSSR count). The molecule has 8 bridgehead atoms. The SMILES string of the molecule is CC[C@H](NC(=O)[C@H](C)NC)C(=O)N1CC2CC1C(=O)N[C@@H](Cc1ccc(-c3ccccc3)cc1)C(=O)N[C@H](C(=O)O)Cc1ccc(cc1)C(=O)N[C@H]1C[C@@H](C(=O)N[C@@H](Cc3ccc4ccccc4c3)C(=O)N[C@H](C(=O)O)Cc3ccc(cc3)OC/C=C/CO2)N(C(=O)[C@@H](NC(=O)[C@H](C)NC)C(C)(C)C)C1.